The van der Waals surface area contributed by atoms with Crippen LogP contribution in [0.1, 0.15) is 38.5 Å². The molecule has 2 aliphatic rings. The second-order valence-electron chi connectivity index (χ2n) is 6.67. The number of thiophene rings is 1. The van der Waals surface area contributed by atoms with Crippen LogP contribution in [0.2, 0.25) is 0 Å². The number of rotatable bonds is 2. The molecule has 1 amide bonds. The number of nitrogens with zero attached hydrogens (tertiary/aromatic N) is 2. The fraction of sp³-hybridized carbons (Fsp3) is 0.625. The lowest BCUT2D eigenvalue weighted by molar-refractivity contribution is -0.156. The van der Waals surface area contributed by atoms with Crippen molar-refractivity contribution in [3.8, 4) is 0 Å². The highest BCUT2D eigenvalue weighted by molar-refractivity contribution is 7.12. The Morgan fingerprint density at radius 1 is 1.43 bits per heavy atom. The average molecular weight is 306 g/mol. The van der Waals surface area contributed by atoms with E-state index in [0.717, 1.165) is 23.7 Å². The molecule has 3 heterocycles. The fourth-order valence-electron chi connectivity index (χ4n) is 3.39. The third-order valence-corrected chi connectivity index (χ3v) is 5.20. The summed E-state index contributed by atoms with van der Waals surface area (Å²) >= 11 is 1.63. The number of hydrogen-bond acceptors (Lipinski definition) is 4. The minimum Gasteiger partial charge on any atom is -0.379 e. The van der Waals surface area contributed by atoms with Crippen molar-refractivity contribution in [3.63, 3.8) is 0 Å². The summed E-state index contributed by atoms with van der Waals surface area (Å²) in [7, 11) is 0. The molecule has 3 atom stereocenters. The van der Waals surface area contributed by atoms with Crippen LogP contribution in [-0.4, -0.2) is 35.2 Å². The van der Waals surface area contributed by atoms with E-state index < -0.39 is 5.60 Å². The molecule has 0 aliphatic carbocycles. The van der Waals surface area contributed by atoms with Crippen LogP contribution in [0.4, 0.5) is 0 Å². The van der Waals surface area contributed by atoms with Gasteiger partial charge in [-0.1, -0.05) is 25.1 Å². The van der Waals surface area contributed by atoms with Gasteiger partial charge < -0.3 is 9.74 Å². The Hall–Kier alpha value is -1.36. The molecule has 0 bridgehead atoms. The summed E-state index contributed by atoms with van der Waals surface area (Å²) in [5.41, 5.74) is 0.0507. The maximum Gasteiger partial charge on any atom is 0.269 e. The molecule has 0 aromatic carbocycles. The lowest BCUT2D eigenvalue weighted by atomic mass is 9.89. The van der Waals surface area contributed by atoms with Gasteiger partial charge in [0.2, 0.25) is 5.60 Å². The van der Waals surface area contributed by atoms with Crippen molar-refractivity contribution in [2.24, 2.45) is 17.0 Å². The molecule has 1 aromatic heterocycles. The van der Waals surface area contributed by atoms with E-state index >= 15 is 0 Å². The second-order valence-corrected chi connectivity index (χ2v) is 7.62. The van der Waals surface area contributed by atoms with Gasteiger partial charge in [0.05, 0.1) is 4.88 Å². The minimum absolute atomic E-state index is 0.0798. The first-order valence-electron chi connectivity index (χ1n) is 7.56. The lowest BCUT2D eigenvalue weighted by Crippen LogP contribution is -2.52. The SMILES string of the molecule is C[C@@H]1C[C@H](C)CN(C(=O)[C@]2(C)CC(c3cccs3)=NO2)C1. The van der Waals surface area contributed by atoms with Crippen LogP contribution in [0.5, 0.6) is 0 Å². The van der Waals surface area contributed by atoms with Gasteiger partial charge in [0.1, 0.15) is 5.71 Å². The maximum atomic E-state index is 12.9. The van der Waals surface area contributed by atoms with Gasteiger partial charge in [-0.05, 0) is 36.6 Å². The van der Waals surface area contributed by atoms with Gasteiger partial charge in [0.25, 0.3) is 5.91 Å². The summed E-state index contributed by atoms with van der Waals surface area (Å²) in [6.07, 6.45) is 1.75. The molecule has 21 heavy (non-hydrogen) atoms. The van der Waals surface area contributed by atoms with E-state index in [9.17, 15) is 4.79 Å². The Balaban J connectivity index is 1.71. The molecule has 1 saturated heterocycles. The van der Waals surface area contributed by atoms with Crippen LogP contribution in [0.15, 0.2) is 22.7 Å². The minimum atomic E-state index is -0.837. The third-order valence-electron chi connectivity index (χ3n) is 4.28. The first-order valence-corrected chi connectivity index (χ1v) is 8.44. The molecular formula is C16H22N2O2S. The van der Waals surface area contributed by atoms with Crippen LogP contribution in [-0.2, 0) is 9.63 Å². The predicted molar refractivity (Wildman–Crippen MR) is 84.5 cm³/mol. The Kier molecular flexibility index (Phi) is 3.78. The van der Waals surface area contributed by atoms with Crippen molar-refractivity contribution in [2.45, 2.75) is 39.2 Å². The lowest BCUT2D eigenvalue weighted by Gasteiger charge is -2.38. The van der Waals surface area contributed by atoms with Gasteiger partial charge in [0.15, 0.2) is 0 Å². The monoisotopic (exact) mass is 306 g/mol. The molecule has 4 nitrogen and oxygen atoms in total. The number of carbonyl (C=O) groups is 1. The zero-order valence-electron chi connectivity index (χ0n) is 12.8. The third kappa shape index (κ3) is 2.84. The first kappa shape index (κ1) is 14.6. The van der Waals surface area contributed by atoms with Crippen molar-refractivity contribution >= 4 is 23.0 Å². The zero-order chi connectivity index (χ0) is 15.0. The van der Waals surface area contributed by atoms with E-state index in [4.69, 9.17) is 4.84 Å². The number of amides is 1. The standard InChI is InChI=1S/C16H22N2O2S/c1-11-7-12(2)10-18(9-11)15(19)16(3)8-13(17-20-16)14-5-4-6-21-14/h4-6,11-12H,7-10H2,1-3H3/t11-,12+,16-/m0/s1. The molecule has 2 aliphatic heterocycles. The summed E-state index contributed by atoms with van der Waals surface area (Å²) in [6.45, 7) is 7.94. The van der Waals surface area contributed by atoms with Crippen molar-refractivity contribution in [1.29, 1.82) is 0 Å². The molecule has 0 saturated carbocycles. The van der Waals surface area contributed by atoms with Gasteiger partial charge in [0, 0.05) is 19.5 Å². The summed E-state index contributed by atoms with van der Waals surface area (Å²) in [5, 5.41) is 6.18. The van der Waals surface area contributed by atoms with Crippen LogP contribution >= 0.6 is 11.3 Å². The molecule has 0 spiro atoms. The highest BCUT2D eigenvalue weighted by Crippen LogP contribution is 2.32. The molecule has 5 heteroatoms. The van der Waals surface area contributed by atoms with E-state index in [0.29, 0.717) is 18.3 Å². The van der Waals surface area contributed by atoms with Gasteiger partial charge in [-0.15, -0.1) is 11.3 Å². The summed E-state index contributed by atoms with van der Waals surface area (Å²) in [4.78, 5) is 21.5. The number of hydrogen-bond donors (Lipinski definition) is 0. The summed E-state index contributed by atoms with van der Waals surface area (Å²) in [6, 6.07) is 4.02. The van der Waals surface area contributed by atoms with Crippen molar-refractivity contribution in [3.05, 3.63) is 22.4 Å². The van der Waals surface area contributed by atoms with Gasteiger partial charge in [-0.25, -0.2) is 0 Å². The quantitative estimate of drug-likeness (QED) is 0.842. The molecule has 0 unspecified atom stereocenters. The highest BCUT2D eigenvalue weighted by atomic mass is 32.1. The van der Waals surface area contributed by atoms with E-state index in [1.165, 1.54) is 6.42 Å². The number of carbonyl (C=O) groups excluding carboxylic acids is 1. The van der Waals surface area contributed by atoms with E-state index in [1.54, 1.807) is 11.3 Å². The molecule has 1 aromatic rings. The van der Waals surface area contributed by atoms with Crippen LogP contribution in [0.25, 0.3) is 0 Å². The van der Waals surface area contributed by atoms with Crippen molar-refractivity contribution in [2.75, 3.05) is 13.1 Å². The van der Waals surface area contributed by atoms with E-state index in [1.807, 2.05) is 29.3 Å². The Morgan fingerprint density at radius 3 is 2.76 bits per heavy atom. The first-order chi connectivity index (χ1) is 9.98. The van der Waals surface area contributed by atoms with Crippen LogP contribution < -0.4 is 0 Å². The zero-order valence-corrected chi connectivity index (χ0v) is 13.7. The second kappa shape index (κ2) is 5.44. The molecule has 3 rings (SSSR count). The summed E-state index contributed by atoms with van der Waals surface area (Å²) in [5.74, 6) is 1.19. The predicted octanol–water partition coefficient (Wildman–Crippen LogP) is 3.14. The Morgan fingerprint density at radius 2 is 2.14 bits per heavy atom. The van der Waals surface area contributed by atoms with Crippen molar-refractivity contribution in [1.82, 2.24) is 4.90 Å². The molecular weight excluding hydrogens is 284 g/mol. The van der Waals surface area contributed by atoms with E-state index in [-0.39, 0.29) is 5.91 Å². The Labute approximate surface area is 129 Å². The largest absolute Gasteiger partial charge is 0.379 e. The smallest absolute Gasteiger partial charge is 0.269 e. The maximum absolute atomic E-state index is 12.9. The molecule has 114 valence electrons. The number of piperidine rings is 1. The van der Waals surface area contributed by atoms with Gasteiger partial charge in [-0.2, -0.15) is 0 Å². The highest BCUT2D eigenvalue weighted by Gasteiger charge is 2.45. The van der Waals surface area contributed by atoms with Gasteiger partial charge in [-0.3, -0.25) is 4.79 Å². The fourth-order valence-corrected chi connectivity index (χ4v) is 4.10. The number of likely N-dealkylation sites (tertiary alicyclic amines) is 1. The normalized spacial score (nSPS) is 32.7. The van der Waals surface area contributed by atoms with Crippen LogP contribution in [0, 0.1) is 11.8 Å². The number of oxime groups is 1. The van der Waals surface area contributed by atoms with Gasteiger partial charge >= 0.3 is 0 Å². The molecule has 1 fully saturated rings. The molecule has 0 radical (unpaired) electrons. The van der Waals surface area contributed by atoms with Crippen molar-refractivity contribution < 1.29 is 9.63 Å². The Bertz CT molecular complexity index is 545. The average Bonchev–Trinajstić information content (AvgIpc) is 3.06. The van der Waals surface area contributed by atoms with E-state index in [2.05, 4.69) is 19.0 Å². The summed E-state index contributed by atoms with van der Waals surface area (Å²) < 4.78 is 0. The van der Waals surface area contributed by atoms with Crippen LogP contribution in [0.3, 0.4) is 0 Å². The topological polar surface area (TPSA) is 41.9 Å². The molecule has 0 N–H and O–H groups in total.